The van der Waals surface area contributed by atoms with Gasteiger partial charge < -0.3 is 9.88 Å². The van der Waals surface area contributed by atoms with E-state index < -0.39 is 0 Å². The maximum atomic E-state index is 12.3. The Morgan fingerprint density at radius 3 is 2.73 bits per heavy atom. The lowest BCUT2D eigenvalue weighted by molar-refractivity contribution is 0.101. The third-order valence-electron chi connectivity index (χ3n) is 3.20. The number of hydrogen-bond donors (Lipinski definition) is 1. The Bertz CT molecular complexity index is 837. The molecule has 0 saturated heterocycles. The average Bonchev–Trinajstić information content (AvgIpc) is 3.04. The van der Waals surface area contributed by atoms with Crippen LogP contribution in [0.15, 0.2) is 36.5 Å². The normalized spacial score (nSPS) is 10.7. The molecule has 0 aliphatic heterocycles. The van der Waals surface area contributed by atoms with Gasteiger partial charge in [-0.2, -0.15) is 0 Å². The number of carbonyl (C=O) groups is 1. The third kappa shape index (κ3) is 2.71. The van der Waals surface area contributed by atoms with E-state index in [0.29, 0.717) is 22.2 Å². The molecule has 1 N–H and O–H groups in total. The number of nitrogens with one attached hydrogen (secondary N) is 1. The predicted molar refractivity (Wildman–Crippen MR) is 82.6 cm³/mol. The van der Waals surface area contributed by atoms with Gasteiger partial charge in [0.15, 0.2) is 5.82 Å². The number of aromatic nitrogens is 5. The van der Waals surface area contributed by atoms with E-state index in [1.807, 2.05) is 18.2 Å². The van der Waals surface area contributed by atoms with E-state index in [1.165, 1.54) is 0 Å². The fourth-order valence-electron chi connectivity index (χ4n) is 2.16. The zero-order valence-corrected chi connectivity index (χ0v) is 12.7. The highest BCUT2D eigenvalue weighted by molar-refractivity contribution is 6.31. The molecule has 7 nitrogen and oxygen atoms in total. The zero-order valence-electron chi connectivity index (χ0n) is 12.0. The van der Waals surface area contributed by atoms with Gasteiger partial charge in [-0.05, 0) is 28.6 Å². The SMILES string of the molecule is Cn1cc(Cl)cc1C(=O)Nc1cccc(-c2nnnn2C)c1. The molecule has 1 amide bonds. The Morgan fingerprint density at radius 2 is 2.09 bits per heavy atom. The van der Waals surface area contributed by atoms with Gasteiger partial charge in [0.05, 0.1) is 5.02 Å². The minimum atomic E-state index is -0.234. The fourth-order valence-corrected chi connectivity index (χ4v) is 2.40. The fraction of sp³-hybridized carbons (Fsp3) is 0.143. The van der Waals surface area contributed by atoms with Crippen LogP contribution in [0.25, 0.3) is 11.4 Å². The maximum Gasteiger partial charge on any atom is 0.272 e. The van der Waals surface area contributed by atoms with Crippen molar-refractivity contribution in [2.45, 2.75) is 0 Å². The van der Waals surface area contributed by atoms with Crippen LogP contribution >= 0.6 is 11.6 Å². The highest BCUT2D eigenvalue weighted by Gasteiger charge is 2.12. The van der Waals surface area contributed by atoms with Crippen molar-refractivity contribution in [2.75, 3.05) is 5.32 Å². The monoisotopic (exact) mass is 316 g/mol. The van der Waals surface area contributed by atoms with E-state index in [9.17, 15) is 4.79 Å². The van der Waals surface area contributed by atoms with E-state index in [4.69, 9.17) is 11.6 Å². The predicted octanol–water partition coefficient (Wildman–Crippen LogP) is 2.12. The van der Waals surface area contributed by atoms with Crippen LogP contribution in [0, 0.1) is 0 Å². The van der Waals surface area contributed by atoms with Crippen molar-refractivity contribution < 1.29 is 4.79 Å². The second-order valence-electron chi connectivity index (χ2n) is 4.82. The van der Waals surface area contributed by atoms with Crippen molar-refractivity contribution >= 4 is 23.2 Å². The molecular weight excluding hydrogens is 304 g/mol. The van der Waals surface area contributed by atoms with Crippen LogP contribution < -0.4 is 5.32 Å². The van der Waals surface area contributed by atoms with Crippen LogP contribution in [0.2, 0.25) is 5.02 Å². The zero-order chi connectivity index (χ0) is 15.7. The second-order valence-corrected chi connectivity index (χ2v) is 5.25. The summed E-state index contributed by atoms with van der Waals surface area (Å²) in [4.78, 5) is 12.3. The Balaban J connectivity index is 1.86. The number of benzene rings is 1. The van der Waals surface area contributed by atoms with Gasteiger partial charge >= 0.3 is 0 Å². The lowest BCUT2D eigenvalue weighted by atomic mass is 10.2. The van der Waals surface area contributed by atoms with Gasteiger partial charge in [-0.1, -0.05) is 23.7 Å². The quantitative estimate of drug-likeness (QED) is 0.803. The molecule has 0 unspecified atom stereocenters. The standard InChI is InChI=1S/C14H13ClN6O/c1-20-8-10(15)7-12(20)14(22)16-11-5-3-4-9(6-11)13-17-18-19-21(13)2/h3-8H,1-2H3,(H,16,22). The first-order chi connectivity index (χ1) is 10.5. The first kappa shape index (κ1) is 14.3. The second kappa shape index (κ2) is 5.61. The number of tetrazole rings is 1. The summed E-state index contributed by atoms with van der Waals surface area (Å²) in [5, 5.41) is 14.7. The molecule has 0 aliphatic carbocycles. The van der Waals surface area contributed by atoms with Crippen LogP contribution in [0.5, 0.6) is 0 Å². The topological polar surface area (TPSA) is 77.6 Å². The van der Waals surface area contributed by atoms with Crippen molar-refractivity contribution in [1.82, 2.24) is 24.8 Å². The van der Waals surface area contributed by atoms with Gasteiger partial charge in [0.1, 0.15) is 5.69 Å². The van der Waals surface area contributed by atoms with Crippen molar-refractivity contribution in [1.29, 1.82) is 0 Å². The van der Waals surface area contributed by atoms with E-state index in [1.54, 1.807) is 41.7 Å². The summed E-state index contributed by atoms with van der Waals surface area (Å²) in [6, 6.07) is 8.94. The van der Waals surface area contributed by atoms with Gasteiger partial charge in [-0.15, -0.1) is 5.10 Å². The number of nitrogens with zero attached hydrogens (tertiary/aromatic N) is 5. The average molecular weight is 317 g/mol. The molecule has 2 aromatic heterocycles. The summed E-state index contributed by atoms with van der Waals surface area (Å²) in [6.07, 6.45) is 1.68. The highest BCUT2D eigenvalue weighted by Crippen LogP contribution is 2.20. The molecule has 0 fully saturated rings. The van der Waals surface area contributed by atoms with Gasteiger partial charge in [-0.25, -0.2) is 4.68 Å². The van der Waals surface area contributed by atoms with Gasteiger partial charge in [0.2, 0.25) is 0 Å². The van der Waals surface area contributed by atoms with Crippen molar-refractivity contribution in [3.05, 3.63) is 47.2 Å². The number of carbonyl (C=O) groups excluding carboxylic acids is 1. The molecule has 112 valence electrons. The van der Waals surface area contributed by atoms with Gasteiger partial charge in [0, 0.05) is 31.5 Å². The minimum Gasteiger partial charge on any atom is -0.345 e. The number of rotatable bonds is 3. The first-order valence-corrected chi connectivity index (χ1v) is 6.88. The number of aryl methyl sites for hydroxylation is 2. The molecule has 3 aromatic rings. The largest absolute Gasteiger partial charge is 0.345 e. The summed E-state index contributed by atoms with van der Waals surface area (Å²) < 4.78 is 3.24. The van der Waals surface area contributed by atoms with Crippen LogP contribution in [0.4, 0.5) is 5.69 Å². The van der Waals surface area contributed by atoms with E-state index >= 15 is 0 Å². The molecule has 3 rings (SSSR count). The summed E-state index contributed by atoms with van der Waals surface area (Å²) in [6.45, 7) is 0. The number of halogens is 1. The Morgan fingerprint density at radius 1 is 1.27 bits per heavy atom. The van der Waals surface area contributed by atoms with Gasteiger partial charge in [0.25, 0.3) is 5.91 Å². The first-order valence-electron chi connectivity index (χ1n) is 6.50. The van der Waals surface area contributed by atoms with E-state index in [-0.39, 0.29) is 5.91 Å². The molecule has 0 radical (unpaired) electrons. The smallest absolute Gasteiger partial charge is 0.272 e. The molecule has 0 saturated carbocycles. The van der Waals surface area contributed by atoms with Crippen LogP contribution in [0.3, 0.4) is 0 Å². The molecule has 0 bridgehead atoms. The number of hydrogen-bond acceptors (Lipinski definition) is 4. The Kier molecular flexibility index (Phi) is 3.64. The van der Waals surface area contributed by atoms with Gasteiger partial charge in [-0.3, -0.25) is 4.79 Å². The Labute approximate surface area is 131 Å². The summed E-state index contributed by atoms with van der Waals surface area (Å²) in [5.41, 5.74) is 1.95. The summed E-state index contributed by atoms with van der Waals surface area (Å²) >= 11 is 5.90. The van der Waals surface area contributed by atoms with E-state index in [0.717, 1.165) is 5.56 Å². The van der Waals surface area contributed by atoms with Crippen LogP contribution in [0.1, 0.15) is 10.5 Å². The molecule has 0 spiro atoms. The maximum absolute atomic E-state index is 12.3. The number of anilines is 1. The molecule has 8 heteroatoms. The summed E-state index contributed by atoms with van der Waals surface area (Å²) in [7, 11) is 3.52. The van der Waals surface area contributed by atoms with Crippen LogP contribution in [-0.4, -0.2) is 30.7 Å². The van der Waals surface area contributed by atoms with Crippen molar-refractivity contribution in [3.8, 4) is 11.4 Å². The van der Waals surface area contributed by atoms with Crippen molar-refractivity contribution in [3.63, 3.8) is 0 Å². The van der Waals surface area contributed by atoms with Crippen molar-refractivity contribution in [2.24, 2.45) is 14.1 Å². The molecule has 2 heterocycles. The molecule has 1 aromatic carbocycles. The molecule has 0 atom stereocenters. The molecule has 0 aliphatic rings. The van der Waals surface area contributed by atoms with E-state index in [2.05, 4.69) is 20.8 Å². The minimum absolute atomic E-state index is 0.234. The third-order valence-corrected chi connectivity index (χ3v) is 3.41. The summed E-state index contributed by atoms with van der Waals surface area (Å²) in [5.74, 6) is 0.389. The molecular formula is C14H13ClN6O. The molecule has 22 heavy (non-hydrogen) atoms. The Hall–Kier alpha value is -2.67. The highest BCUT2D eigenvalue weighted by atomic mass is 35.5. The lowest BCUT2D eigenvalue weighted by Crippen LogP contribution is -2.15. The van der Waals surface area contributed by atoms with Crippen LogP contribution in [-0.2, 0) is 14.1 Å². The lowest BCUT2D eigenvalue weighted by Gasteiger charge is -2.07. The number of amides is 1.